The first kappa shape index (κ1) is 17.9. The maximum atomic E-state index is 11.9. The van der Waals surface area contributed by atoms with Crippen molar-refractivity contribution >= 4 is 27.7 Å². The highest BCUT2D eigenvalue weighted by Gasteiger charge is 2.30. The molecule has 0 spiro atoms. The Bertz CT molecular complexity index is 786. The van der Waals surface area contributed by atoms with Crippen molar-refractivity contribution in [2.24, 2.45) is 10.9 Å². The van der Waals surface area contributed by atoms with Gasteiger partial charge in [-0.1, -0.05) is 26.0 Å². The van der Waals surface area contributed by atoms with E-state index in [9.17, 15) is 18.0 Å². The standard InChI is InChI=1S/C15H19N3O5S/c1-9(2)7-11(15(20)21)17-13(19)8-16-14-10-5-3-4-6-12(10)24(22,23)18-14/h3-6,9,11H,7-8H2,1-2H3,(H,16,18)(H,17,19)(H,20,21)/t11-/m0/s1. The molecule has 1 aliphatic rings. The lowest BCUT2D eigenvalue weighted by molar-refractivity contribution is -0.142. The third kappa shape index (κ3) is 4.10. The summed E-state index contributed by atoms with van der Waals surface area (Å²) in [6.07, 6.45) is 0.299. The highest BCUT2D eigenvalue weighted by atomic mass is 32.2. The molecule has 0 unspecified atom stereocenters. The lowest BCUT2D eigenvalue weighted by Crippen LogP contribution is -2.42. The van der Waals surface area contributed by atoms with E-state index >= 15 is 0 Å². The van der Waals surface area contributed by atoms with E-state index in [1.54, 1.807) is 18.2 Å². The first-order valence-corrected chi connectivity index (χ1v) is 8.88. The second kappa shape index (κ2) is 7.00. The first-order valence-electron chi connectivity index (χ1n) is 7.39. The molecule has 0 fully saturated rings. The number of carbonyl (C=O) groups excluding carboxylic acids is 1. The Morgan fingerprint density at radius 2 is 1.96 bits per heavy atom. The van der Waals surface area contributed by atoms with Crippen LogP contribution in [0.5, 0.6) is 0 Å². The number of aliphatic imine (C=N–C) groups is 1. The van der Waals surface area contributed by atoms with Gasteiger partial charge in [-0.3, -0.25) is 14.5 Å². The van der Waals surface area contributed by atoms with Gasteiger partial charge in [0, 0.05) is 5.56 Å². The number of rotatable bonds is 6. The molecule has 1 aromatic carbocycles. The molecule has 0 aliphatic carbocycles. The molecule has 3 N–H and O–H groups in total. The van der Waals surface area contributed by atoms with Gasteiger partial charge in [0.05, 0.1) is 4.90 Å². The molecule has 1 aliphatic heterocycles. The number of sulfonamides is 1. The number of carboxylic acids is 1. The number of nitrogens with one attached hydrogen (secondary N) is 2. The van der Waals surface area contributed by atoms with Gasteiger partial charge >= 0.3 is 5.97 Å². The topological polar surface area (TPSA) is 125 Å². The minimum atomic E-state index is -3.66. The van der Waals surface area contributed by atoms with E-state index in [2.05, 4.69) is 15.0 Å². The molecular weight excluding hydrogens is 334 g/mol. The molecule has 130 valence electrons. The normalized spacial score (nSPS) is 18.0. The van der Waals surface area contributed by atoms with Crippen LogP contribution in [0.4, 0.5) is 0 Å². The van der Waals surface area contributed by atoms with Gasteiger partial charge in [-0.25, -0.2) is 13.2 Å². The van der Waals surface area contributed by atoms with Crippen LogP contribution in [-0.4, -0.2) is 43.8 Å². The van der Waals surface area contributed by atoms with Crippen molar-refractivity contribution in [3.8, 4) is 0 Å². The molecule has 8 nitrogen and oxygen atoms in total. The van der Waals surface area contributed by atoms with Crippen molar-refractivity contribution in [2.45, 2.75) is 31.2 Å². The molecule has 24 heavy (non-hydrogen) atoms. The fourth-order valence-corrected chi connectivity index (χ4v) is 3.59. The average Bonchev–Trinajstić information content (AvgIpc) is 2.76. The number of hydrogen-bond donors (Lipinski definition) is 3. The van der Waals surface area contributed by atoms with Crippen molar-refractivity contribution < 1.29 is 23.1 Å². The van der Waals surface area contributed by atoms with Gasteiger partial charge in [0.25, 0.3) is 10.0 Å². The average molecular weight is 353 g/mol. The van der Waals surface area contributed by atoms with E-state index in [0.29, 0.717) is 12.0 Å². The molecular formula is C15H19N3O5S. The predicted molar refractivity (Wildman–Crippen MR) is 87.2 cm³/mol. The van der Waals surface area contributed by atoms with Crippen molar-refractivity contribution in [2.75, 3.05) is 6.54 Å². The molecule has 1 atom stereocenters. The lowest BCUT2D eigenvalue weighted by Gasteiger charge is -2.15. The Hall–Kier alpha value is -2.42. The molecule has 1 aromatic rings. The minimum Gasteiger partial charge on any atom is -0.480 e. The van der Waals surface area contributed by atoms with Gasteiger partial charge in [-0.15, -0.1) is 0 Å². The lowest BCUT2D eigenvalue weighted by atomic mass is 10.0. The van der Waals surface area contributed by atoms with Crippen LogP contribution in [0, 0.1) is 5.92 Å². The molecule has 0 saturated carbocycles. The summed E-state index contributed by atoms with van der Waals surface area (Å²) in [7, 11) is -3.66. The maximum Gasteiger partial charge on any atom is 0.326 e. The summed E-state index contributed by atoms with van der Waals surface area (Å²) in [6.45, 7) is 3.34. The quantitative estimate of drug-likeness (QED) is 0.680. The van der Waals surface area contributed by atoms with Gasteiger partial charge in [0.2, 0.25) is 5.91 Å². The fraction of sp³-hybridized carbons (Fsp3) is 0.400. The molecule has 1 amide bonds. The number of amidine groups is 1. The van der Waals surface area contributed by atoms with Crippen LogP contribution in [0.15, 0.2) is 34.2 Å². The van der Waals surface area contributed by atoms with E-state index in [1.807, 2.05) is 13.8 Å². The van der Waals surface area contributed by atoms with E-state index in [-0.39, 0.29) is 23.2 Å². The zero-order valence-corrected chi connectivity index (χ0v) is 14.1. The Kier molecular flexibility index (Phi) is 5.23. The van der Waals surface area contributed by atoms with Crippen LogP contribution in [0.3, 0.4) is 0 Å². The Morgan fingerprint density at radius 1 is 1.29 bits per heavy atom. The molecule has 2 rings (SSSR count). The van der Waals surface area contributed by atoms with Crippen LogP contribution >= 0.6 is 0 Å². The zero-order chi connectivity index (χ0) is 17.9. The molecule has 0 aromatic heterocycles. The Morgan fingerprint density at radius 3 is 2.58 bits per heavy atom. The second-order valence-electron chi connectivity index (χ2n) is 5.85. The number of carboxylic acid groups (broad SMARTS) is 1. The minimum absolute atomic E-state index is 0.0801. The zero-order valence-electron chi connectivity index (χ0n) is 13.3. The Balaban J connectivity index is 2.09. The number of hydrogen-bond acceptors (Lipinski definition) is 5. The van der Waals surface area contributed by atoms with Crippen molar-refractivity contribution in [1.82, 2.24) is 10.0 Å². The monoisotopic (exact) mass is 353 g/mol. The molecule has 0 bridgehead atoms. The molecule has 0 saturated heterocycles. The van der Waals surface area contributed by atoms with Crippen molar-refractivity contribution in [3.05, 3.63) is 29.8 Å². The van der Waals surface area contributed by atoms with Gasteiger partial charge in [0.1, 0.15) is 18.4 Å². The predicted octanol–water partition coefficient (Wildman–Crippen LogP) is 0.341. The Labute approximate surface area is 140 Å². The highest BCUT2D eigenvalue weighted by Crippen LogP contribution is 2.21. The van der Waals surface area contributed by atoms with Crippen molar-refractivity contribution in [1.29, 1.82) is 0 Å². The largest absolute Gasteiger partial charge is 0.480 e. The van der Waals surface area contributed by atoms with E-state index in [4.69, 9.17) is 5.11 Å². The number of aliphatic carboxylic acids is 1. The highest BCUT2D eigenvalue weighted by molar-refractivity contribution is 7.90. The van der Waals surface area contributed by atoms with E-state index < -0.39 is 27.9 Å². The molecule has 1 heterocycles. The summed E-state index contributed by atoms with van der Waals surface area (Å²) in [6, 6.07) is 5.30. The first-order chi connectivity index (χ1) is 11.2. The van der Waals surface area contributed by atoms with E-state index in [0.717, 1.165) is 0 Å². The molecule has 9 heteroatoms. The summed E-state index contributed by atoms with van der Waals surface area (Å²) in [5.74, 6) is -1.52. The smallest absolute Gasteiger partial charge is 0.326 e. The summed E-state index contributed by atoms with van der Waals surface area (Å²) in [5.41, 5.74) is 0.391. The number of nitrogens with zero attached hydrogens (tertiary/aromatic N) is 1. The molecule has 0 radical (unpaired) electrons. The third-order valence-corrected chi connectivity index (χ3v) is 4.78. The second-order valence-corrected chi connectivity index (χ2v) is 7.51. The van der Waals surface area contributed by atoms with Crippen LogP contribution in [-0.2, 0) is 19.6 Å². The number of amides is 1. The summed E-state index contributed by atoms with van der Waals surface area (Å²) in [4.78, 5) is 27.1. The van der Waals surface area contributed by atoms with Crippen LogP contribution in [0.1, 0.15) is 25.8 Å². The third-order valence-electron chi connectivity index (χ3n) is 3.38. The van der Waals surface area contributed by atoms with E-state index in [1.165, 1.54) is 6.07 Å². The summed E-state index contributed by atoms with van der Waals surface area (Å²) in [5, 5.41) is 11.5. The van der Waals surface area contributed by atoms with Crippen molar-refractivity contribution in [3.63, 3.8) is 0 Å². The van der Waals surface area contributed by atoms with Gasteiger partial charge in [-0.2, -0.15) is 0 Å². The van der Waals surface area contributed by atoms with Crippen LogP contribution in [0.2, 0.25) is 0 Å². The van der Waals surface area contributed by atoms with Gasteiger partial charge in [-0.05, 0) is 24.5 Å². The van der Waals surface area contributed by atoms with Crippen LogP contribution < -0.4 is 10.0 Å². The van der Waals surface area contributed by atoms with Gasteiger partial charge in [0.15, 0.2) is 0 Å². The summed E-state index contributed by atoms with van der Waals surface area (Å²) < 4.78 is 26.1. The fourth-order valence-electron chi connectivity index (χ4n) is 2.34. The van der Waals surface area contributed by atoms with Gasteiger partial charge < -0.3 is 10.4 Å². The number of fused-ring (bicyclic) bond motifs is 1. The van der Waals surface area contributed by atoms with Crippen LogP contribution in [0.25, 0.3) is 0 Å². The SMILES string of the molecule is CC(C)C[C@H](NC(=O)CN=C1NS(=O)(=O)c2ccccc21)C(=O)O. The number of carbonyl (C=O) groups is 2. The summed E-state index contributed by atoms with van der Waals surface area (Å²) >= 11 is 0. The maximum absolute atomic E-state index is 11.9. The number of benzene rings is 1.